The minimum Gasteiger partial charge on any atom is -0.508 e. The zero-order valence-corrected chi connectivity index (χ0v) is 18.4. The second-order valence-corrected chi connectivity index (χ2v) is 9.51. The summed E-state index contributed by atoms with van der Waals surface area (Å²) in [6, 6.07) is 26.5. The average Bonchev–Trinajstić information content (AvgIpc) is 3.28. The zero-order valence-electron chi connectivity index (χ0n) is 17.6. The van der Waals surface area contributed by atoms with Crippen molar-refractivity contribution in [1.82, 2.24) is 9.78 Å². The summed E-state index contributed by atoms with van der Waals surface area (Å²) in [5.41, 5.74) is 3.87. The van der Waals surface area contributed by atoms with E-state index in [1.165, 1.54) is 16.9 Å². The Balaban J connectivity index is 1.64. The lowest BCUT2D eigenvalue weighted by atomic mass is 9.99. The quantitative estimate of drug-likeness (QED) is 0.375. The van der Waals surface area contributed by atoms with Gasteiger partial charge >= 0.3 is 0 Å². The van der Waals surface area contributed by atoms with Crippen LogP contribution in [0.1, 0.15) is 16.7 Å². The molecule has 0 atom stereocenters. The Hall–Kier alpha value is -3.64. The predicted octanol–water partition coefficient (Wildman–Crippen LogP) is 5.30. The Morgan fingerprint density at radius 2 is 1.59 bits per heavy atom. The number of aryl methyl sites for hydroxylation is 2. The Morgan fingerprint density at radius 1 is 0.906 bits per heavy atom. The summed E-state index contributed by atoms with van der Waals surface area (Å²) in [5.74, 6) is -0.424. The van der Waals surface area contributed by atoms with Crippen LogP contribution >= 0.6 is 0 Å². The molecule has 0 saturated heterocycles. The van der Waals surface area contributed by atoms with Crippen LogP contribution in [0.15, 0.2) is 103 Å². The molecule has 3 aromatic carbocycles. The van der Waals surface area contributed by atoms with Crippen LogP contribution in [-0.2, 0) is 28.6 Å². The number of aromatic nitrogens is 2. The van der Waals surface area contributed by atoms with Crippen molar-refractivity contribution in [2.75, 3.05) is 0 Å². The lowest BCUT2D eigenvalue weighted by Crippen LogP contribution is -2.15. The maximum atomic E-state index is 13.3. The van der Waals surface area contributed by atoms with E-state index in [2.05, 4.69) is 11.7 Å². The van der Waals surface area contributed by atoms with E-state index < -0.39 is 9.84 Å². The Kier molecular flexibility index (Phi) is 6.23. The molecule has 0 saturated carbocycles. The van der Waals surface area contributed by atoms with Gasteiger partial charge in [0.15, 0.2) is 14.9 Å². The molecule has 0 aliphatic heterocycles. The van der Waals surface area contributed by atoms with Gasteiger partial charge < -0.3 is 5.11 Å². The monoisotopic (exact) mass is 444 g/mol. The molecule has 4 aromatic rings. The summed E-state index contributed by atoms with van der Waals surface area (Å²) < 4.78 is 28.2. The van der Waals surface area contributed by atoms with Gasteiger partial charge in [-0.25, -0.2) is 8.42 Å². The van der Waals surface area contributed by atoms with E-state index >= 15 is 0 Å². The molecule has 0 radical (unpaired) electrons. The van der Waals surface area contributed by atoms with Crippen LogP contribution in [0.3, 0.4) is 0 Å². The highest BCUT2D eigenvalue weighted by Crippen LogP contribution is 2.28. The molecule has 6 heteroatoms. The van der Waals surface area contributed by atoms with Gasteiger partial charge in [0.2, 0.25) is 0 Å². The predicted molar refractivity (Wildman–Crippen MR) is 127 cm³/mol. The van der Waals surface area contributed by atoms with Crippen molar-refractivity contribution in [1.29, 1.82) is 0 Å². The number of nitrogens with zero attached hydrogens (tertiary/aromatic N) is 2. The lowest BCUT2D eigenvalue weighted by Gasteiger charge is -2.13. The largest absolute Gasteiger partial charge is 0.508 e. The van der Waals surface area contributed by atoms with Gasteiger partial charge in [0.25, 0.3) is 0 Å². The highest BCUT2D eigenvalue weighted by Gasteiger charge is 2.23. The van der Waals surface area contributed by atoms with E-state index in [9.17, 15) is 13.5 Å². The minimum absolute atomic E-state index is 0.160. The number of benzene rings is 3. The first-order valence-corrected chi connectivity index (χ1v) is 11.9. The summed E-state index contributed by atoms with van der Waals surface area (Å²) in [7, 11) is -3.71. The van der Waals surface area contributed by atoms with Crippen LogP contribution in [0.25, 0.3) is 16.9 Å². The molecule has 162 valence electrons. The molecule has 0 aliphatic carbocycles. The summed E-state index contributed by atoms with van der Waals surface area (Å²) in [6.07, 6.45) is 2.18. The van der Waals surface area contributed by atoms with Crippen molar-refractivity contribution >= 4 is 15.6 Å². The molecule has 0 unspecified atom stereocenters. The summed E-state index contributed by atoms with van der Waals surface area (Å²) in [5, 5.41) is 14.4. The number of rotatable bonds is 8. The van der Waals surface area contributed by atoms with Gasteiger partial charge in [0.05, 0.1) is 11.9 Å². The maximum Gasteiger partial charge on any atom is 0.199 e. The Labute approximate surface area is 188 Å². The van der Waals surface area contributed by atoms with Crippen LogP contribution in [0, 0.1) is 0 Å². The van der Waals surface area contributed by atoms with Gasteiger partial charge in [-0.05, 0) is 40.8 Å². The number of aliphatic hydroxyl groups excluding tert-OH is 1. The molecule has 4 rings (SSSR count). The van der Waals surface area contributed by atoms with Crippen molar-refractivity contribution in [2.45, 2.75) is 23.7 Å². The van der Waals surface area contributed by atoms with Gasteiger partial charge in [0, 0.05) is 12.1 Å². The molecule has 0 aliphatic rings. The molecule has 1 aromatic heterocycles. The molecule has 0 fully saturated rings. The van der Waals surface area contributed by atoms with E-state index in [-0.39, 0.29) is 16.5 Å². The van der Waals surface area contributed by atoms with Gasteiger partial charge in [-0.1, -0.05) is 79.4 Å². The van der Waals surface area contributed by atoms with Crippen molar-refractivity contribution in [2.24, 2.45) is 0 Å². The molecule has 0 bridgehead atoms. The third kappa shape index (κ3) is 4.81. The third-order valence-corrected chi connectivity index (χ3v) is 7.00. The fourth-order valence-electron chi connectivity index (χ4n) is 3.72. The zero-order chi connectivity index (χ0) is 22.6. The number of hydrogen-bond donors (Lipinski definition) is 1. The van der Waals surface area contributed by atoms with Crippen LogP contribution in [0.2, 0.25) is 0 Å². The van der Waals surface area contributed by atoms with Gasteiger partial charge in [-0.2, -0.15) is 5.10 Å². The average molecular weight is 445 g/mol. The Bertz CT molecular complexity index is 1330. The number of hydrogen-bond acceptors (Lipinski definition) is 4. The van der Waals surface area contributed by atoms with E-state index in [4.69, 9.17) is 0 Å². The first kappa shape index (κ1) is 21.6. The Morgan fingerprint density at radius 3 is 2.28 bits per heavy atom. The first-order valence-electron chi connectivity index (χ1n) is 10.3. The van der Waals surface area contributed by atoms with Crippen LogP contribution in [0.5, 0.6) is 0 Å². The van der Waals surface area contributed by atoms with Crippen LogP contribution in [0.4, 0.5) is 0 Å². The fourth-order valence-corrected chi connectivity index (χ4v) is 5.24. The topological polar surface area (TPSA) is 72.2 Å². The summed E-state index contributed by atoms with van der Waals surface area (Å²) >= 11 is 0. The molecule has 32 heavy (non-hydrogen) atoms. The van der Waals surface area contributed by atoms with E-state index in [0.717, 1.165) is 16.7 Å². The molecular weight excluding hydrogens is 420 g/mol. The lowest BCUT2D eigenvalue weighted by molar-refractivity contribution is 0.513. The van der Waals surface area contributed by atoms with E-state index in [1.807, 2.05) is 66.7 Å². The molecular formula is C26H24N2O3S. The molecule has 1 N–H and O–H groups in total. The highest BCUT2D eigenvalue weighted by molar-refractivity contribution is 7.90. The van der Waals surface area contributed by atoms with Crippen LogP contribution in [-0.4, -0.2) is 23.3 Å². The summed E-state index contributed by atoms with van der Waals surface area (Å²) in [6.45, 7) is 4.06. The molecule has 5 nitrogen and oxygen atoms in total. The van der Waals surface area contributed by atoms with Crippen molar-refractivity contribution < 1.29 is 13.5 Å². The third-order valence-electron chi connectivity index (χ3n) is 5.32. The summed E-state index contributed by atoms with van der Waals surface area (Å²) in [4.78, 5) is 0. The molecule has 1 heterocycles. The van der Waals surface area contributed by atoms with Gasteiger partial charge in [0.1, 0.15) is 5.76 Å². The van der Waals surface area contributed by atoms with E-state index in [1.54, 1.807) is 12.1 Å². The second kappa shape index (κ2) is 9.24. The first-order chi connectivity index (χ1) is 15.4. The van der Waals surface area contributed by atoms with Gasteiger partial charge in [-0.3, -0.25) is 4.68 Å². The molecule has 0 spiro atoms. The number of aliphatic hydroxyl groups is 1. The van der Waals surface area contributed by atoms with Crippen LogP contribution < -0.4 is 0 Å². The fraction of sp³-hybridized carbons (Fsp3) is 0.115. The normalized spacial score (nSPS) is 11.4. The van der Waals surface area contributed by atoms with E-state index in [0.29, 0.717) is 24.1 Å². The molecule has 0 amide bonds. The van der Waals surface area contributed by atoms with Crippen molar-refractivity contribution in [3.63, 3.8) is 0 Å². The van der Waals surface area contributed by atoms with Crippen molar-refractivity contribution in [3.05, 3.63) is 114 Å². The maximum absolute atomic E-state index is 13.3. The van der Waals surface area contributed by atoms with Gasteiger partial charge in [-0.15, -0.1) is 0 Å². The standard InChI is InChI=1S/C26H24N2O3S/c1-20(29)25-13-12-23(22-10-6-3-7-11-22)18-24(25)19-32(30,31)26-14-16-27-28(26)17-15-21-8-4-2-5-9-21/h2-14,16,18,29H,1,15,17,19H2. The minimum atomic E-state index is -3.71. The highest BCUT2D eigenvalue weighted by atomic mass is 32.2. The number of sulfone groups is 1. The SMILES string of the molecule is C=C(O)c1ccc(-c2ccccc2)cc1CS(=O)(=O)c1ccnn1CCc1ccccc1. The van der Waals surface area contributed by atoms with Crippen molar-refractivity contribution in [3.8, 4) is 11.1 Å². The smallest absolute Gasteiger partial charge is 0.199 e. The second-order valence-electron chi connectivity index (χ2n) is 7.57.